The molecule has 5 aromatic rings. The third-order valence-corrected chi connectivity index (χ3v) is 8.07. The van der Waals surface area contributed by atoms with Crippen LogP contribution in [0.4, 0.5) is 10.1 Å². The third kappa shape index (κ3) is 6.52. The van der Waals surface area contributed by atoms with Crippen molar-refractivity contribution in [2.75, 3.05) is 13.1 Å². The van der Waals surface area contributed by atoms with Crippen molar-refractivity contribution in [1.82, 2.24) is 15.2 Å². The van der Waals surface area contributed by atoms with E-state index in [1.807, 2.05) is 49.4 Å². The van der Waals surface area contributed by atoms with Gasteiger partial charge in [-0.1, -0.05) is 61.0 Å². The first-order chi connectivity index (χ1) is 20.9. The number of carbonyl (C=O) groups is 1. The van der Waals surface area contributed by atoms with Crippen LogP contribution in [0.3, 0.4) is 0 Å². The number of rotatable bonds is 8. The Hall–Kier alpha value is -4.75. The molecule has 1 amide bonds. The summed E-state index contributed by atoms with van der Waals surface area (Å²) in [6.07, 6.45) is 3.83. The lowest BCUT2D eigenvalue weighted by molar-refractivity contribution is 0.0940. The molecule has 1 aliphatic heterocycles. The summed E-state index contributed by atoms with van der Waals surface area (Å²) in [5.74, 6) is -0.610. The van der Waals surface area contributed by atoms with Crippen LogP contribution in [0, 0.1) is 5.82 Å². The molecule has 3 N–H and O–H groups in total. The Morgan fingerprint density at radius 2 is 1.65 bits per heavy atom. The molecule has 2 heterocycles. The summed E-state index contributed by atoms with van der Waals surface area (Å²) in [6, 6.07) is 29.1. The number of nitrogens with one attached hydrogen (secondary N) is 2. The average Bonchev–Trinajstić information content (AvgIpc) is 3.36. The van der Waals surface area contributed by atoms with Gasteiger partial charge < -0.3 is 15.4 Å². The van der Waals surface area contributed by atoms with Gasteiger partial charge >= 0.3 is 0 Å². The third-order valence-electron chi connectivity index (χ3n) is 8.07. The van der Waals surface area contributed by atoms with Gasteiger partial charge in [-0.3, -0.25) is 9.69 Å². The average molecular weight is 575 g/mol. The van der Waals surface area contributed by atoms with Gasteiger partial charge in [0.25, 0.3) is 5.91 Å². The van der Waals surface area contributed by atoms with Crippen molar-refractivity contribution >= 4 is 28.2 Å². The van der Waals surface area contributed by atoms with Crippen LogP contribution in [0.1, 0.15) is 64.8 Å². The van der Waals surface area contributed by atoms with Crippen LogP contribution in [0.5, 0.6) is 5.88 Å². The largest absolute Gasteiger partial charge is 0.494 e. The molecule has 43 heavy (non-hydrogen) atoms. The van der Waals surface area contributed by atoms with Crippen molar-refractivity contribution < 1.29 is 14.3 Å². The number of hydrogen-bond donors (Lipinski definition) is 3. The smallest absolute Gasteiger partial charge is 0.251 e. The van der Waals surface area contributed by atoms with E-state index in [-0.39, 0.29) is 23.6 Å². The quantitative estimate of drug-likeness (QED) is 0.167. The maximum Gasteiger partial charge on any atom is 0.251 e. The number of aromatic amines is 1. The first-order valence-electron chi connectivity index (χ1n) is 14.8. The van der Waals surface area contributed by atoms with E-state index in [0.717, 1.165) is 36.4 Å². The Kier molecular flexibility index (Phi) is 8.34. The zero-order valence-electron chi connectivity index (χ0n) is 24.2. The van der Waals surface area contributed by atoms with Crippen molar-refractivity contribution in [3.05, 3.63) is 131 Å². The number of aromatic nitrogens is 1. The second kappa shape index (κ2) is 12.6. The molecule has 0 aliphatic carbocycles. The fourth-order valence-electron chi connectivity index (χ4n) is 5.71. The molecular weight excluding hydrogens is 539 g/mol. The van der Waals surface area contributed by atoms with Gasteiger partial charge in [0.15, 0.2) is 5.88 Å². The molecule has 6 rings (SSSR count). The van der Waals surface area contributed by atoms with Gasteiger partial charge in [-0.2, -0.15) is 0 Å². The summed E-state index contributed by atoms with van der Waals surface area (Å²) < 4.78 is 13.4. The number of hydrogen-bond acceptors (Lipinski definition) is 4. The van der Waals surface area contributed by atoms with Gasteiger partial charge in [0.05, 0.1) is 23.0 Å². The highest BCUT2D eigenvalue weighted by molar-refractivity contribution is 6.22. The summed E-state index contributed by atoms with van der Waals surface area (Å²) in [5, 5.41) is 14.8. The lowest BCUT2D eigenvalue weighted by Gasteiger charge is -2.26. The lowest BCUT2D eigenvalue weighted by atomic mass is 9.99. The van der Waals surface area contributed by atoms with Gasteiger partial charge in [0.2, 0.25) is 0 Å². The highest BCUT2D eigenvalue weighted by Gasteiger charge is 2.21. The summed E-state index contributed by atoms with van der Waals surface area (Å²) in [4.78, 5) is 23.9. The normalized spacial score (nSPS) is 15.0. The SMILES string of the molecule is C[C@@H](NC(=O)c1ccc2[nH]c(O)c(C(=Nc3ccc(CN4CCCCC4)cc3)c3ccccc3)c2c1)c1ccc(F)cc1. The Labute approximate surface area is 250 Å². The van der Waals surface area contributed by atoms with Crippen LogP contribution < -0.4 is 5.32 Å². The predicted octanol–water partition coefficient (Wildman–Crippen LogP) is 7.66. The topological polar surface area (TPSA) is 80.7 Å². The summed E-state index contributed by atoms with van der Waals surface area (Å²) in [6.45, 7) is 5.07. The van der Waals surface area contributed by atoms with E-state index in [9.17, 15) is 14.3 Å². The maximum atomic E-state index is 13.4. The van der Waals surface area contributed by atoms with Crippen LogP contribution in [-0.2, 0) is 6.54 Å². The molecule has 0 bridgehead atoms. The van der Waals surface area contributed by atoms with Gasteiger partial charge in [0.1, 0.15) is 5.82 Å². The highest BCUT2D eigenvalue weighted by atomic mass is 19.1. The minimum absolute atomic E-state index is 0.0171. The zero-order chi connectivity index (χ0) is 29.8. The molecule has 7 heteroatoms. The minimum atomic E-state index is -0.322. The number of aromatic hydroxyl groups is 1. The van der Waals surface area contributed by atoms with Crippen LogP contribution in [-0.4, -0.2) is 39.7 Å². The van der Waals surface area contributed by atoms with E-state index in [4.69, 9.17) is 4.99 Å². The van der Waals surface area contributed by atoms with Gasteiger partial charge in [-0.15, -0.1) is 0 Å². The Morgan fingerprint density at radius 3 is 2.37 bits per heavy atom. The maximum absolute atomic E-state index is 13.4. The number of piperidine rings is 1. The monoisotopic (exact) mass is 574 g/mol. The zero-order valence-corrected chi connectivity index (χ0v) is 24.2. The van der Waals surface area contributed by atoms with E-state index in [0.29, 0.717) is 27.7 Å². The van der Waals surface area contributed by atoms with Gasteiger partial charge in [-0.05, 0) is 86.4 Å². The number of likely N-dealkylation sites (tertiary alicyclic amines) is 1. The fraction of sp³-hybridized carbons (Fsp3) is 0.222. The number of carbonyl (C=O) groups excluding carboxylic acids is 1. The van der Waals surface area contributed by atoms with Crippen LogP contribution in [0.25, 0.3) is 10.9 Å². The molecule has 0 unspecified atom stereocenters. The number of aliphatic imine (C=N–C) groups is 1. The van der Waals surface area contributed by atoms with E-state index in [2.05, 4.69) is 27.3 Å². The van der Waals surface area contributed by atoms with Crippen LogP contribution >= 0.6 is 0 Å². The fourth-order valence-corrected chi connectivity index (χ4v) is 5.71. The Bertz CT molecular complexity index is 1740. The van der Waals surface area contributed by atoms with Crippen LogP contribution in [0.2, 0.25) is 0 Å². The summed E-state index contributed by atoms with van der Waals surface area (Å²) >= 11 is 0. The molecule has 4 aromatic carbocycles. The van der Waals surface area contributed by atoms with E-state index >= 15 is 0 Å². The van der Waals surface area contributed by atoms with E-state index < -0.39 is 0 Å². The second-order valence-electron chi connectivity index (χ2n) is 11.2. The number of fused-ring (bicyclic) bond motifs is 1. The number of halogens is 1. The molecule has 6 nitrogen and oxygen atoms in total. The molecule has 0 spiro atoms. The highest BCUT2D eigenvalue weighted by Crippen LogP contribution is 2.32. The second-order valence-corrected chi connectivity index (χ2v) is 11.2. The molecular formula is C36H35FN4O2. The van der Waals surface area contributed by atoms with Gasteiger partial charge in [0, 0.05) is 28.6 Å². The molecule has 0 radical (unpaired) electrons. The molecule has 1 aliphatic rings. The lowest BCUT2D eigenvalue weighted by Crippen LogP contribution is -2.28. The minimum Gasteiger partial charge on any atom is -0.494 e. The first kappa shape index (κ1) is 28.4. The number of amides is 1. The standard InChI is InChI=1S/C36H35FN4O2/c1-24(26-12-15-29(37)16-13-26)38-35(42)28-14-19-32-31(22-28)33(36(43)40-32)34(27-8-4-2-5-9-27)39-30-17-10-25(11-18-30)23-41-20-6-3-7-21-41/h2,4-5,8-19,22,24,40,43H,3,6-7,20-21,23H2,1H3,(H,38,42)/t24-/m1/s1. The first-order valence-corrected chi connectivity index (χ1v) is 14.8. The van der Waals surface area contributed by atoms with Crippen molar-refractivity contribution in [1.29, 1.82) is 0 Å². The number of nitrogens with zero attached hydrogens (tertiary/aromatic N) is 2. The van der Waals surface area contributed by atoms with Crippen molar-refractivity contribution in [3.8, 4) is 5.88 Å². The van der Waals surface area contributed by atoms with Crippen molar-refractivity contribution in [2.24, 2.45) is 4.99 Å². The predicted molar refractivity (Wildman–Crippen MR) is 170 cm³/mol. The van der Waals surface area contributed by atoms with E-state index in [1.165, 1.54) is 37.0 Å². The Morgan fingerprint density at radius 1 is 0.930 bits per heavy atom. The molecule has 0 saturated carbocycles. The molecule has 218 valence electrons. The molecule has 1 aromatic heterocycles. The Balaban J connectivity index is 1.33. The summed E-state index contributed by atoms with van der Waals surface area (Å²) in [5.41, 5.74) is 5.93. The van der Waals surface area contributed by atoms with Crippen molar-refractivity contribution in [3.63, 3.8) is 0 Å². The van der Waals surface area contributed by atoms with Gasteiger partial charge in [-0.25, -0.2) is 9.38 Å². The summed E-state index contributed by atoms with van der Waals surface area (Å²) in [7, 11) is 0. The van der Waals surface area contributed by atoms with Crippen molar-refractivity contribution in [2.45, 2.75) is 38.8 Å². The molecule has 1 atom stereocenters. The number of benzene rings is 4. The number of H-pyrrole nitrogens is 1. The van der Waals surface area contributed by atoms with Crippen LogP contribution in [0.15, 0.2) is 102 Å². The molecule has 1 fully saturated rings. The molecule has 1 saturated heterocycles. The van der Waals surface area contributed by atoms with E-state index in [1.54, 1.807) is 30.3 Å².